The highest BCUT2D eigenvalue weighted by Crippen LogP contribution is 2.00. The van der Waals surface area contributed by atoms with Crippen LogP contribution in [0.25, 0.3) is 0 Å². The van der Waals surface area contributed by atoms with Gasteiger partial charge in [-0.1, -0.05) is 0 Å². The van der Waals surface area contributed by atoms with E-state index in [-0.39, 0.29) is 11.8 Å². The summed E-state index contributed by atoms with van der Waals surface area (Å²) >= 11 is 0. The molecule has 0 aromatic carbocycles. The first kappa shape index (κ1) is 11.2. The molecule has 0 aliphatic carbocycles. The van der Waals surface area contributed by atoms with E-state index in [1.165, 1.54) is 6.26 Å². The molecule has 5 nitrogen and oxygen atoms in total. The minimum Gasteiger partial charge on any atom is -0.326 e. The summed E-state index contributed by atoms with van der Waals surface area (Å²) in [6, 6.07) is 1.46. The quantitative estimate of drug-likeness (QED) is 0.726. The van der Waals surface area contributed by atoms with Gasteiger partial charge in [0.2, 0.25) is 0 Å². The number of nitrogens with two attached hydrogens (primary N) is 1. The first-order valence-corrected chi connectivity index (χ1v) is 6.35. The van der Waals surface area contributed by atoms with E-state index in [1.807, 2.05) is 19.3 Å². The smallest absolute Gasteiger partial charge is 0.148 e. The van der Waals surface area contributed by atoms with E-state index >= 15 is 0 Å². The van der Waals surface area contributed by atoms with Gasteiger partial charge in [0.1, 0.15) is 9.84 Å². The van der Waals surface area contributed by atoms with Gasteiger partial charge in [-0.15, -0.1) is 0 Å². The van der Waals surface area contributed by atoms with E-state index in [4.69, 9.17) is 5.73 Å². The lowest BCUT2D eigenvalue weighted by molar-refractivity contribution is 0.589. The van der Waals surface area contributed by atoms with Crippen LogP contribution in [0, 0.1) is 0 Å². The van der Waals surface area contributed by atoms with Gasteiger partial charge in [0.05, 0.1) is 11.4 Å². The zero-order valence-electron chi connectivity index (χ0n) is 8.34. The molecule has 1 heterocycles. The van der Waals surface area contributed by atoms with Gasteiger partial charge in [-0.05, 0) is 6.07 Å². The van der Waals surface area contributed by atoms with Crippen molar-refractivity contribution in [2.45, 2.75) is 12.5 Å². The lowest BCUT2D eigenvalue weighted by Crippen LogP contribution is -2.31. The van der Waals surface area contributed by atoms with Crippen LogP contribution in [-0.4, -0.2) is 36.2 Å². The van der Waals surface area contributed by atoms with E-state index in [0.717, 1.165) is 5.69 Å². The van der Waals surface area contributed by atoms with Crippen LogP contribution in [0.3, 0.4) is 0 Å². The highest BCUT2D eigenvalue weighted by atomic mass is 32.2. The Morgan fingerprint density at radius 3 is 2.71 bits per heavy atom. The molecule has 0 saturated carbocycles. The highest BCUT2D eigenvalue weighted by molar-refractivity contribution is 7.90. The average molecular weight is 217 g/mol. The Hall–Kier alpha value is -0.880. The predicted octanol–water partition coefficient (Wildman–Crippen LogP) is -0.665. The van der Waals surface area contributed by atoms with Crippen molar-refractivity contribution in [1.29, 1.82) is 0 Å². The normalized spacial score (nSPS) is 14.2. The molecular weight excluding hydrogens is 202 g/mol. The molecule has 0 spiro atoms. The zero-order chi connectivity index (χ0) is 10.8. The van der Waals surface area contributed by atoms with Crippen LogP contribution in [0.2, 0.25) is 0 Å². The lowest BCUT2D eigenvalue weighted by atomic mass is 10.2. The molecule has 0 saturated heterocycles. The van der Waals surface area contributed by atoms with Gasteiger partial charge in [0.15, 0.2) is 0 Å². The third-order valence-corrected chi connectivity index (χ3v) is 2.79. The van der Waals surface area contributed by atoms with Crippen molar-refractivity contribution < 1.29 is 8.42 Å². The van der Waals surface area contributed by atoms with Gasteiger partial charge in [-0.3, -0.25) is 4.68 Å². The van der Waals surface area contributed by atoms with Crippen molar-refractivity contribution in [3.8, 4) is 0 Å². The number of nitrogens with zero attached hydrogens (tertiary/aromatic N) is 2. The fourth-order valence-corrected chi connectivity index (χ4v) is 2.18. The maximum atomic E-state index is 10.9. The van der Waals surface area contributed by atoms with Gasteiger partial charge >= 0.3 is 0 Å². The van der Waals surface area contributed by atoms with E-state index in [1.54, 1.807) is 4.68 Å². The standard InChI is InChI=1S/C8H15N3O2S/c1-11-4-3-8(10-11)5-7(9)6-14(2,12)13/h3-4,7H,5-6,9H2,1-2H3. The van der Waals surface area contributed by atoms with Crippen LogP contribution < -0.4 is 5.73 Å². The van der Waals surface area contributed by atoms with Crippen molar-refractivity contribution in [3.05, 3.63) is 18.0 Å². The van der Waals surface area contributed by atoms with Gasteiger partial charge in [-0.25, -0.2) is 8.42 Å². The Bertz CT molecular complexity index is 396. The number of sulfone groups is 1. The fraction of sp³-hybridized carbons (Fsp3) is 0.625. The summed E-state index contributed by atoms with van der Waals surface area (Å²) in [5.74, 6) is 0.00355. The second-order valence-corrected chi connectivity index (χ2v) is 5.72. The number of aromatic nitrogens is 2. The number of hydrogen-bond acceptors (Lipinski definition) is 4. The summed E-state index contributed by atoms with van der Waals surface area (Å²) in [7, 11) is -1.19. The Kier molecular flexibility index (Phi) is 3.28. The second kappa shape index (κ2) is 4.10. The van der Waals surface area contributed by atoms with Crippen molar-refractivity contribution in [2.75, 3.05) is 12.0 Å². The monoisotopic (exact) mass is 217 g/mol. The Balaban J connectivity index is 2.53. The highest BCUT2D eigenvalue weighted by Gasteiger charge is 2.12. The van der Waals surface area contributed by atoms with Crippen LogP contribution in [-0.2, 0) is 23.3 Å². The molecule has 0 aliphatic heterocycles. The van der Waals surface area contributed by atoms with Crippen molar-refractivity contribution >= 4 is 9.84 Å². The van der Waals surface area contributed by atoms with Crippen LogP contribution in [0.1, 0.15) is 5.69 Å². The van der Waals surface area contributed by atoms with Crippen LogP contribution in [0.15, 0.2) is 12.3 Å². The van der Waals surface area contributed by atoms with Gasteiger partial charge < -0.3 is 5.73 Å². The van der Waals surface area contributed by atoms with E-state index in [0.29, 0.717) is 6.42 Å². The fourth-order valence-electron chi connectivity index (χ4n) is 1.29. The first-order chi connectivity index (χ1) is 6.37. The molecule has 6 heteroatoms. The third-order valence-electron chi connectivity index (χ3n) is 1.76. The molecular formula is C8H15N3O2S. The summed E-state index contributed by atoms with van der Waals surface area (Å²) in [4.78, 5) is 0. The largest absolute Gasteiger partial charge is 0.326 e. The van der Waals surface area contributed by atoms with E-state index < -0.39 is 9.84 Å². The van der Waals surface area contributed by atoms with Crippen molar-refractivity contribution in [1.82, 2.24) is 9.78 Å². The summed E-state index contributed by atoms with van der Waals surface area (Å²) in [6.45, 7) is 0. The number of rotatable bonds is 4. The molecule has 0 aliphatic rings. The Morgan fingerprint density at radius 1 is 1.64 bits per heavy atom. The summed E-state index contributed by atoms with van der Waals surface area (Å²) in [6.07, 6.45) is 3.49. The second-order valence-electron chi connectivity index (χ2n) is 3.54. The Labute approximate surface area is 83.8 Å². The molecule has 1 aromatic heterocycles. The maximum Gasteiger partial charge on any atom is 0.148 e. The van der Waals surface area contributed by atoms with Crippen LogP contribution in [0.4, 0.5) is 0 Å². The molecule has 0 radical (unpaired) electrons. The molecule has 2 N–H and O–H groups in total. The van der Waals surface area contributed by atoms with Crippen molar-refractivity contribution in [3.63, 3.8) is 0 Å². The van der Waals surface area contributed by atoms with Gasteiger partial charge in [-0.2, -0.15) is 5.10 Å². The SMILES string of the molecule is Cn1ccc(CC(N)CS(C)(=O)=O)n1. The summed E-state index contributed by atoms with van der Waals surface area (Å²) in [5, 5.41) is 4.12. The lowest BCUT2D eigenvalue weighted by Gasteiger charge is -2.07. The molecule has 1 atom stereocenters. The van der Waals surface area contributed by atoms with Crippen molar-refractivity contribution in [2.24, 2.45) is 12.8 Å². The zero-order valence-corrected chi connectivity index (χ0v) is 9.16. The summed E-state index contributed by atoms with van der Waals surface area (Å²) in [5.41, 5.74) is 6.50. The maximum absolute atomic E-state index is 10.9. The predicted molar refractivity (Wildman–Crippen MR) is 54.6 cm³/mol. The minimum atomic E-state index is -3.00. The van der Waals surface area contributed by atoms with E-state index in [9.17, 15) is 8.42 Å². The van der Waals surface area contributed by atoms with Crippen LogP contribution >= 0.6 is 0 Å². The molecule has 14 heavy (non-hydrogen) atoms. The third kappa shape index (κ3) is 3.89. The van der Waals surface area contributed by atoms with Gasteiger partial charge in [0.25, 0.3) is 0 Å². The molecule has 1 unspecified atom stereocenters. The minimum absolute atomic E-state index is 0.00355. The average Bonchev–Trinajstić information content (AvgIpc) is 2.30. The molecule has 80 valence electrons. The number of hydrogen-bond donors (Lipinski definition) is 1. The molecule has 1 aromatic rings. The Morgan fingerprint density at radius 2 is 2.29 bits per heavy atom. The van der Waals surface area contributed by atoms with E-state index in [2.05, 4.69) is 5.10 Å². The molecule has 0 fully saturated rings. The molecule has 0 amide bonds. The summed E-state index contributed by atoms with van der Waals surface area (Å²) < 4.78 is 23.5. The topological polar surface area (TPSA) is 78.0 Å². The van der Waals surface area contributed by atoms with Crippen LogP contribution in [0.5, 0.6) is 0 Å². The first-order valence-electron chi connectivity index (χ1n) is 4.28. The van der Waals surface area contributed by atoms with Gasteiger partial charge in [0, 0.05) is 32.0 Å². The molecule has 0 bridgehead atoms. The number of aryl methyl sites for hydroxylation is 1. The molecule has 1 rings (SSSR count).